The number of hydrogen-bond acceptors (Lipinski definition) is 2. The standard InChI is InChI=1S/C14H10BrFN2O/c15-12-5-3-11(4-6-12)14(19)18-17-9-10-1-7-13(16)8-2-10/h1-9H,(H,18,19)/b17-9-. The van der Waals surface area contributed by atoms with Crippen LogP contribution in [0.4, 0.5) is 4.39 Å². The number of amides is 1. The van der Waals surface area contributed by atoms with Gasteiger partial charge in [0.05, 0.1) is 6.21 Å². The lowest BCUT2D eigenvalue weighted by molar-refractivity contribution is 0.0955. The molecular formula is C14H10BrFN2O. The first-order valence-corrected chi connectivity index (χ1v) is 6.29. The third-order valence-corrected chi connectivity index (χ3v) is 2.88. The smallest absolute Gasteiger partial charge is 0.267 e. The van der Waals surface area contributed by atoms with Gasteiger partial charge in [-0.25, -0.2) is 9.82 Å². The second kappa shape index (κ2) is 6.24. The Hall–Kier alpha value is -2.01. The molecule has 3 nitrogen and oxygen atoms in total. The molecule has 0 atom stereocenters. The monoisotopic (exact) mass is 320 g/mol. The molecule has 0 aliphatic carbocycles. The Balaban J connectivity index is 1.96. The van der Waals surface area contributed by atoms with E-state index in [1.165, 1.54) is 18.3 Å². The van der Waals surface area contributed by atoms with E-state index in [4.69, 9.17) is 0 Å². The fraction of sp³-hybridized carbons (Fsp3) is 0. The summed E-state index contributed by atoms with van der Waals surface area (Å²) >= 11 is 3.29. The molecule has 96 valence electrons. The van der Waals surface area contributed by atoms with Gasteiger partial charge in [-0.1, -0.05) is 28.1 Å². The molecule has 0 bridgehead atoms. The van der Waals surface area contributed by atoms with Gasteiger partial charge in [-0.15, -0.1) is 0 Å². The van der Waals surface area contributed by atoms with Crippen molar-refractivity contribution in [2.24, 2.45) is 5.10 Å². The number of nitrogens with one attached hydrogen (secondary N) is 1. The van der Waals surface area contributed by atoms with Gasteiger partial charge >= 0.3 is 0 Å². The molecule has 0 aromatic heterocycles. The van der Waals surface area contributed by atoms with Gasteiger partial charge < -0.3 is 0 Å². The Morgan fingerprint density at radius 1 is 1.11 bits per heavy atom. The van der Waals surface area contributed by atoms with E-state index in [2.05, 4.69) is 26.5 Å². The highest BCUT2D eigenvalue weighted by Gasteiger charge is 2.02. The topological polar surface area (TPSA) is 41.5 Å². The third-order valence-electron chi connectivity index (χ3n) is 2.36. The largest absolute Gasteiger partial charge is 0.271 e. The Bertz CT molecular complexity index is 594. The predicted molar refractivity (Wildman–Crippen MR) is 75.6 cm³/mol. The zero-order chi connectivity index (χ0) is 13.7. The summed E-state index contributed by atoms with van der Waals surface area (Å²) in [6.45, 7) is 0. The van der Waals surface area contributed by atoms with E-state index in [9.17, 15) is 9.18 Å². The van der Waals surface area contributed by atoms with Gasteiger partial charge in [0.25, 0.3) is 5.91 Å². The lowest BCUT2D eigenvalue weighted by Gasteiger charge is -1.99. The highest BCUT2D eigenvalue weighted by molar-refractivity contribution is 9.10. The van der Waals surface area contributed by atoms with Crippen LogP contribution in [-0.2, 0) is 0 Å². The molecule has 0 saturated heterocycles. The maximum absolute atomic E-state index is 12.7. The van der Waals surface area contributed by atoms with E-state index in [0.717, 1.165) is 4.47 Å². The average molecular weight is 321 g/mol. The van der Waals surface area contributed by atoms with Crippen molar-refractivity contribution in [1.29, 1.82) is 0 Å². The zero-order valence-electron chi connectivity index (χ0n) is 9.81. The highest BCUT2D eigenvalue weighted by atomic mass is 79.9. The molecule has 0 aliphatic rings. The number of benzene rings is 2. The van der Waals surface area contributed by atoms with Crippen LogP contribution in [-0.4, -0.2) is 12.1 Å². The number of halogens is 2. The maximum Gasteiger partial charge on any atom is 0.271 e. The average Bonchev–Trinajstić information content (AvgIpc) is 2.41. The van der Waals surface area contributed by atoms with Crippen LogP contribution in [0.15, 0.2) is 58.1 Å². The fourth-order valence-corrected chi connectivity index (χ4v) is 1.64. The summed E-state index contributed by atoms with van der Waals surface area (Å²) in [5.41, 5.74) is 3.62. The molecule has 5 heteroatoms. The molecule has 0 fully saturated rings. The molecule has 0 aliphatic heterocycles. The molecule has 0 spiro atoms. The highest BCUT2D eigenvalue weighted by Crippen LogP contribution is 2.10. The van der Waals surface area contributed by atoms with Crippen molar-refractivity contribution >= 4 is 28.1 Å². The summed E-state index contributed by atoms with van der Waals surface area (Å²) in [5.74, 6) is -0.609. The van der Waals surface area contributed by atoms with Crippen LogP contribution < -0.4 is 5.43 Å². The van der Waals surface area contributed by atoms with E-state index >= 15 is 0 Å². The number of rotatable bonds is 3. The van der Waals surface area contributed by atoms with Crippen molar-refractivity contribution in [1.82, 2.24) is 5.43 Å². The lowest BCUT2D eigenvalue weighted by atomic mass is 10.2. The van der Waals surface area contributed by atoms with Crippen LogP contribution in [0.1, 0.15) is 15.9 Å². The van der Waals surface area contributed by atoms with Crippen molar-refractivity contribution in [3.05, 3.63) is 69.9 Å². The van der Waals surface area contributed by atoms with Gasteiger partial charge in [-0.2, -0.15) is 5.10 Å². The summed E-state index contributed by atoms with van der Waals surface area (Å²) in [6, 6.07) is 12.7. The summed E-state index contributed by atoms with van der Waals surface area (Å²) in [5, 5.41) is 3.81. The van der Waals surface area contributed by atoms with Crippen LogP contribution in [0.3, 0.4) is 0 Å². The van der Waals surface area contributed by atoms with Crippen molar-refractivity contribution < 1.29 is 9.18 Å². The van der Waals surface area contributed by atoms with Gasteiger partial charge in [0.15, 0.2) is 0 Å². The van der Waals surface area contributed by atoms with Crippen LogP contribution in [0.5, 0.6) is 0 Å². The molecule has 0 heterocycles. The third kappa shape index (κ3) is 3.99. The molecule has 0 saturated carbocycles. The summed E-state index contributed by atoms with van der Waals surface area (Å²) in [6.07, 6.45) is 1.45. The number of hydrogen-bond donors (Lipinski definition) is 1. The molecule has 2 rings (SSSR count). The second-order valence-electron chi connectivity index (χ2n) is 3.76. The minimum absolute atomic E-state index is 0.300. The number of hydrazone groups is 1. The predicted octanol–water partition coefficient (Wildman–Crippen LogP) is 3.35. The fourth-order valence-electron chi connectivity index (χ4n) is 1.38. The molecule has 2 aromatic carbocycles. The SMILES string of the molecule is O=C(N/N=C\c1ccc(F)cc1)c1ccc(Br)cc1. The van der Waals surface area contributed by atoms with Crippen LogP contribution in [0, 0.1) is 5.82 Å². The van der Waals surface area contributed by atoms with Crippen LogP contribution in [0.2, 0.25) is 0 Å². The maximum atomic E-state index is 12.7. The number of nitrogens with zero attached hydrogens (tertiary/aromatic N) is 1. The van der Waals surface area contributed by atoms with E-state index in [1.54, 1.807) is 36.4 Å². The van der Waals surface area contributed by atoms with Crippen molar-refractivity contribution in [2.75, 3.05) is 0 Å². The van der Waals surface area contributed by atoms with Crippen molar-refractivity contribution in [3.63, 3.8) is 0 Å². The second-order valence-corrected chi connectivity index (χ2v) is 4.67. The number of carbonyl (C=O) groups excluding carboxylic acids is 1. The first kappa shape index (κ1) is 13.4. The van der Waals surface area contributed by atoms with E-state index in [1.807, 2.05) is 0 Å². The lowest BCUT2D eigenvalue weighted by Crippen LogP contribution is -2.17. The molecule has 0 unspecified atom stereocenters. The van der Waals surface area contributed by atoms with Gasteiger partial charge in [-0.05, 0) is 42.0 Å². The molecule has 2 aromatic rings. The molecule has 0 radical (unpaired) electrons. The normalized spacial score (nSPS) is 10.6. The minimum Gasteiger partial charge on any atom is -0.267 e. The van der Waals surface area contributed by atoms with E-state index < -0.39 is 0 Å². The quantitative estimate of drug-likeness (QED) is 0.684. The van der Waals surface area contributed by atoms with E-state index in [0.29, 0.717) is 11.1 Å². The zero-order valence-corrected chi connectivity index (χ0v) is 11.4. The Labute approximate surface area is 118 Å². The molecule has 19 heavy (non-hydrogen) atoms. The van der Waals surface area contributed by atoms with Gasteiger partial charge in [0, 0.05) is 10.0 Å². The van der Waals surface area contributed by atoms with Crippen LogP contribution >= 0.6 is 15.9 Å². The Kier molecular flexibility index (Phi) is 4.41. The summed E-state index contributed by atoms with van der Waals surface area (Å²) in [4.78, 5) is 11.7. The Morgan fingerprint density at radius 2 is 1.74 bits per heavy atom. The number of carbonyl (C=O) groups is 1. The van der Waals surface area contributed by atoms with Crippen LogP contribution in [0.25, 0.3) is 0 Å². The first-order chi connectivity index (χ1) is 9.15. The molecular weight excluding hydrogens is 311 g/mol. The van der Waals surface area contributed by atoms with Crippen molar-refractivity contribution in [3.8, 4) is 0 Å². The van der Waals surface area contributed by atoms with E-state index in [-0.39, 0.29) is 11.7 Å². The summed E-state index contributed by atoms with van der Waals surface area (Å²) in [7, 11) is 0. The van der Waals surface area contributed by atoms with Crippen molar-refractivity contribution in [2.45, 2.75) is 0 Å². The first-order valence-electron chi connectivity index (χ1n) is 5.50. The molecule has 1 amide bonds. The summed E-state index contributed by atoms with van der Waals surface area (Å²) < 4.78 is 13.6. The van der Waals surface area contributed by atoms with Gasteiger partial charge in [0.2, 0.25) is 0 Å². The minimum atomic E-state index is -0.309. The van der Waals surface area contributed by atoms with Gasteiger partial charge in [-0.3, -0.25) is 4.79 Å². The Morgan fingerprint density at radius 3 is 2.37 bits per heavy atom. The van der Waals surface area contributed by atoms with Gasteiger partial charge in [0.1, 0.15) is 5.82 Å². The molecule has 1 N–H and O–H groups in total.